The highest BCUT2D eigenvalue weighted by molar-refractivity contribution is 7.99. The summed E-state index contributed by atoms with van der Waals surface area (Å²) in [7, 11) is 0. The van der Waals surface area contributed by atoms with Gasteiger partial charge in [-0.15, -0.1) is 11.8 Å². The summed E-state index contributed by atoms with van der Waals surface area (Å²) in [6, 6.07) is 0.0477. The van der Waals surface area contributed by atoms with Gasteiger partial charge in [-0.25, -0.2) is 0 Å². The molecule has 0 spiro atoms. The quantitative estimate of drug-likeness (QED) is 0.641. The molecule has 1 amide bonds. The Morgan fingerprint density at radius 1 is 1.82 bits per heavy atom. The van der Waals surface area contributed by atoms with Gasteiger partial charge < -0.3 is 5.32 Å². The van der Waals surface area contributed by atoms with Crippen molar-refractivity contribution in [3.63, 3.8) is 0 Å². The van der Waals surface area contributed by atoms with Gasteiger partial charge in [-0.1, -0.05) is 6.92 Å². The van der Waals surface area contributed by atoms with Gasteiger partial charge in [0.05, 0.1) is 6.04 Å². The molecule has 1 rings (SSSR count). The Morgan fingerprint density at radius 3 is 3.18 bits per heavy atom. The van der Waals surface area contributed by atoms with Crippen molar-refractivity contribution in [1.82, 2.24) is 10.6 Å². The van der Waals surface area contributed by atoms with Crippen LogP contribution in [0.3, 0.4) is 0 Å². The van der Waals surface area contributed by atoms with Crippen LogP contribution in [0.5, 0.6) is 0 Å². The molecule has 11 heavy (non-hydrogen) atoms. The fourth-order valence-corrected chi connectivity index (χ4v) is 1.88. The lowest BCUT2D eigenvalue weighted by Crippen LogP contribution is -2.42. The average Bonchev–Trinajstić information content (AvgIpc) is 2.52. The first-order valence-corrected chi connectivity index (χ1v) is 5.09. The average molecular weight is 174 g/mol. The predicted octanol–water partition coefficient (Wildman–Crippen LogP) is 0.175. The number of hydrogen-bond acceptors (Lipinski definition) is 3. The predicted molar refractivity (Wildman–Crippen MR) is 47.5 cm³/mol. The van der Waals surface area contributed by atoms with Crippen molar-refractivity contribution in [3.8, 4) is 0 Å². The number of nitrogens with one attached hydrogen (secondary N) is 2. The summed E-state index contributed by atoms with van der Waals surface area (Å²) in [5.41, 5.74) is 0. The molecule has 1 aliphatic heterocycles. The Bertz CT molecular complexity index is 134. The summed E-state index contributed by atoms with van der Waals surface area (Å²) in [4.78, 5) is 11.2. The van der Waals surface area contributed by atoms with Crippen LogP contribution in [0.1, 0.15) is 13.3 Å². The Balaban J connectivity index is 2.17. The lowest BCUT2D eigenvalue weighted by molar-refractivity contribution is -0.122. The molecule has 2 N–H and O–H groups in total. The van der Waals surface area contributed by atoms with Crippen molar-refractivity contribution in [1.29, 1.82) is 0 Å². The molecule has 0 radical (unpaired) electrons. The minimum absolute atomic E-state index is 0.0477. The highest BCUT2D eigenvalue weighted by atomic mass is 32.2. The first-order valence-electron chi connectivity index (χ1n) is 3.93. The molecule has 0 saturated carbocycles. The molecule has 4 heteroatoms. The van der Waals surface area contributed by atoms with E-state index in [0.29, 0.717) is 0 Å². The van der Waals surface area contributed by atoms with E-state index in [2.05, 4.69) is 17.6 Å². The summed E-state index contributed by atoms with van der Waals surface area (Å²) in [5.74, 6) is 1.97. The van der Waals surface area contributed by atoms with E-state index < -0.39 is 0 Å². The van der Waals surface area contributed by atoms with Gasteiger partial charge in [0.1, 0.15) is 0 Å². The molecule has 0 aromatic heterocycles. The third kappa shape index (κ3) is 2.71. The van der Waals surface area contributed by atoms with Crippen LogP contribution in [0.4, 0.5) is 0 Å². The lowest BCUT2D eigenvalue weighted by Gasteiger charge is -2.08. The molecular weight excluding hydrogens is 160 g/mol. The van der Waals surface area contributed by atoms with Gasteiger partial charge in [0.2, 0.25) is 5.91 Å². The van der Waals surface area contributed by atoms with Crippen molar-refractivity contribution in [2.24, 2.45) is 0 Å². The third-order valence-corrected chi connectivity index (χ3v) is 2.52. The monoisotopic (exact) mass is 174 g/mol. The summed E-state index contributed by atoms with van der Waals surface area (Å²) in [5, 5.41) is 5.98. The van der Waals surface area contributed by atoms with Crippen molar-refractivity contribution in [2.75, 3.05) is 18.2 Å². The molecular formula is C7H14N2OS. The second-order valence-corrected chi connectivity index (χ2v) is 3.59. The fraction of sp³-hybridized carbons (Fsp3) is 0.857. The standard InChI is InChI=1S/C7H14N2OS/c1-2-3-8-7(10)6-4-11-5-9-6/h6,9H,2-5H2,1H3,(H,8,10). The second kappa shape index (κ2) is 4.62. The Kier molecular flexibility index (Phi) is 3.72. The summed E-state index contributed by atoms with van der Waals surface area (Å²) in [6.45, 7) is 2.85. The number of carbonyl (C=O) groups is 1. The molecule has 0 aliphatic carbocycles. The van der Waals surface area contributed by atoms with Crippen molar-refractivity contribution < 1.29 is 4.79 Å². The van der Waals surface area contributed by atoms with Crippen LogP contribution >= 0.6 is 11.8 Å². The minimum Gasteiger partial charge on any atom is -0.355 e. The largest absolute Gasteiger partial charge is 0.355 e. The Hall–Kier alpha value is -0.220. The summed E-state index contributed by atoms with van der Waals surface area (Å²) < 4.78 is 0. The molecule has 1 atom stereocenters. The van der Waals surface area contributed by atoms with E-state index in [9.17, 15) is 4.79 Å². The van der Waals surface area contributed by atoms with E-state index in [-0.39, 0.29) is 11.9 Å². The number of amides is 1. The molecule has 1 heterocycles. The van der Waals surface area contributed by atoms with Crippen LogP contribution in [0.25, 0.3) is 0 Å². The summed E-state index contributed by atoms with van der Waals surface area (Å²) >= 11 is 1.77. The number of rotatable bonds is 3. The van der Waals surface area contributed by atoms with Gasteiger partial charge in [0, 0.05) is 18.2 Å². The van der Waals surface area contributed by atoms with Gasteiger partial charge in [0.25, 0.3) is 0 Å². The van der Waals surface area contributed by atoms with E-state index in [1.807, 2.05) is 0 Å². The van der Waals surface area contributed by atoms with E-state index in [1.54, 1.807) is 11.8 Å². The maximum atomic E-state index is 11.2. The van der Waals surface area contributed by atoms with Gasteiger partial charge in [-0.05, 0) is 6.42 Å². The first kappa shape index (κ1) is 8.87. The molecule has 64 valence electrons. The molecule has 1 fully saturated rings. The maximum absolute atomic E-state index is 11.2. The highest BCUT2D eigenvalue weighted by Gasteiger charge is 2.21. The normalized spacial score (nSPS) is 23.5. The molecule has 0 aromatic carbocycles. The van der Waals surface area contributed by atoms with E-state index in [1.165, 1.54) is 0 Å². The van der Waals surface area contributed by atoms with Gasteiger partial charge in [-0.3, -0.25) is 10.1 Å². The third-order valence-electron chi connectivity index (χ3n) is 1.58. The zero-order valence-electron chi connectivity index (χ0n) is 6.72. The van der Waals surface area contributed by atoms with E-state index in [0.717, 1.165) is 24.6 Å². The van der Waals surface area contributed by atoms with Gasteiger partial charge in [-0.2, -0.15) is 0 Å². The summed E-state index contributed by atoms with van der Waals surface area (Å²) in [6.07, 6.45) is 1.01. The van der Waals surface area contributed by atoms with E-state index in [4.69, 9.17) is 0 Å². The Labute approximate surface area is 71.3 Å². The van der Waals surface area contributed by atoms with Crippen molar-refractivity contribution in [3.05, 3.63) is 0 Å². The Morgan fingerprint density at radius 2 is 2.64 bits per heavy atom. The first-order chi connectivity index (χ1) is 5.34. The van der Waals surface area contributed by atoms with Gasteiger partial charge >= 0.3 is 0 Å². The van der Waals surface area contributed by atoms with Crippen LogP contribution in [-0.2, 0) is 4.79 Å². The van der Waals surface area contributed by atoms with Crippen LogP contribution < -0.4 is 10.6 Å². The van der Waals surface area contributed by atoms with E-state index >= 15 is 0 Å². The second-order valence-electron chi connectivity index (χ2n) is 2.56. The topological polar surface area (TPSA) is 41.1 Å². The van der Waals surface area contributed by atoms with Crippen LogP contribution in [-0.4, -0.2) is 30.1 Å². The van der Waals surface area contributed by atoms with Crippen molar-refractivity contribution >= 4 is 17.7 Å². The minimum atomic E-state index is 0.0477. The smallest absolute Gasteiger partial charge is 0.238 e. The van der Waals surface area contributed by atoms with Gasteiger partial charge in [0.15, 0.2) is 0 Å². The molecule has 3 nitrogen and oxygen atoms in total. The highest BCUT2D eigenvalue weighted by Crippen LogP contribution is 2.08. The number of carbonyl (C=O) groups excluding carboxylic acids is 1. The maximum Gasteiger partial charge on any atom is 0.238 e. The van der Waals surface area contributed by atoms with Crippen molar-refractivity contribution in [2.45, 2.75) is 19.4 Å². The number of thioether (sulfide) groups is 1. The zero-order valence-corrected chi connectivity index (χ0v) is 7.54. The lowest BCUT2D eigenvalue weighted by atomic mass is 10.3. The molecule has 1 aliphatic rings. The molecule has 1 saturated heterocycles. The van der Waals surface area contributed by atoms with Crippen LogP contribution in [0.2, 0.25) is 0 Å². The SMILES string of the molecule is CCCNC(=O)C1CSCN1. The zero-order chi connectivity index (χ0) is 8.10. The van der Waals surface area contributed by atoms with Crippen LogP contribution in [0.15, 0.2) is 0 Å². The molecule has 1 unspecified atom stereocenters. The molecule has 0 bridgehead atoms. The number of hydrogen-bond donors (Lipinski definition) is 2. The fourth-order valence-electron chi connectivity index (χ4n) is 0.935. The molecule has 0 aromatic rings. The van der Waals surface area contributed by atoms with Crippen LogP contribution in [0, 0.1) is 0 Å².